The first-order chi connectivity index (χ1) is 15.3. The number of allylic oxidation sites excluding steroid dienone is 3. The fourth-order valence-electron chi connectivity index (χ4n) is 3.70. The molecule has 0 aromatic heterocycles. The van der Waals surface area contributed by atoms with Crippen LogP contribution in [0.15, 0.2) is 46.5 Å². The quantitative estimate of drug-likeness (QED) is 0.268. The number of benzene rings is 1. The molecule has 2 aliphatic heterocycles. The van der Waals surface area contributed by atoms with Gasteiger partial charge in [-0.25, -0.2) is 18.6 Å². The lowest BCUT2D eigenvalue weighted by Crippen LogP contribution is -2.39. The zero-order valence-electron chi connectivity index (χ0n) is 18.6. The Morgan fingerprint density at radius 3 is 2.48 bits per heavy atom. The van der Waals surface area contributed by atoms with Crippen LogP contribution in [0.5, 0.6) is 0 Å². The van der Waals surface area contributed by atoms with Crippen molar-refractivity contribution in [3.8, 4) is 0 Å². The van der Waals surface area contributed by atoms with Crippen molar-refractivity contribution >= 4 is 25.6 Å². The molecule has 33 heavy (non-hydrogen) atoms. The van der Waals surface area contributed by atoms with E-state index in [-0.39, 0.29) is 40.8 Å². The summed E-state index contributed by atoms with van der Waals surface area (Å²) in [6, 6.07) is 5.55. The fourth-order valence-corrected chi connectivity index (χ4v) is 6.15. The Labute approximate surface area is 190 Å². The lowest BCUT2D eigenvalue weighted by molar-refractivity contribution is -0.384. The predicted molar refractivity (Wildman–Crippen MR) is 116 cm³/mol. The zero-order valence-corrected chi connectivity index (χ0v) is 19.5. The molecule has 0 radical (unpaired) electrons. The zero-order chi connectivity index (χ0) is 24.6. The number of nitrogens with zero attached hydrogens (tertiary/aromatic N) is 1. The Balaban J connectivity index is 2.15. The summed E-state index contributed by atoms with van der Waals surface area (Å²) in [5.41, 5.74) is 0.358. The SMILES string of the molecule is CC1=C(C(=O)OCC(=O)O)C(c2cccc([N+](=O)[O-])c2)C([P+]2([O-])OCC(C)(C)CO2)=C(C)N1. The molecule has 1 unspecified atom stereocenters. The van der Waals surface area contributed by atoms with E-state index in [0.717, 1.165) is 0 Å². The summed E-state index contributed by atoms with van der Waals surface area (Å²) in [7, 11) is -3.94. The van der Waals surface area contributed by atoms with Gasteiger partial charge < -0.3 is 20.1 Å². The van der Waals surface area contributed by atoms with E-state index >= 15 is 0 Å². The van der Waals surface area contributed by atoms with Crippen LogP contribution in [0, 0.1) is 15.5 Å². The number of dihydropyridines is 1. The topological polar surface area (TPSA) is 160 Å². The summed E-state index contributed by atoms with van der Waals surface area (Å²) in [5, 5.41) is 23.4. The molecule has 1 fully saturated rings. The number of carbonyl (C=O) groups is 2. The number of hydrogen-bond donors (Lipinski definition) is 2. The molecule has 2 aliphatic rings. The molecular formula is C21H25N2O9P. The van der Waals surface area contributed by atoms with Crippen molar-refractivity contribution in [3.63, 3.8) is 0 Å². The van der Waals surface area contributed by atoms with Crippen LogP contribution in [0.1, 0.15) is 39.2 Å². The highest BCUT2D eigenvalue weighted by molar-refractivity contribution is 7.63. The summed E-state index contributed by atoms with van der Waals surface area (Å²) >= 11 is 0. The Bertz CT molecular complexity index is 1050. The Hall–Kier alpha value is -2.85. The fraction of sp³-hybridized carbons (Fsp3) is 0.429. The van der Waals surface area contributed by atoms with Gasteiger partial charge >= 0.3 is 11.9 Å². The van der Waals surface area contributed by atoms with E-state index in [1.807, 2.05) is 13.8 Å². The van der Waals surface area contributed by atoms with Gasteiger partial charge in [-0.1, -0.05) is 26.0 Å². The van der Waals surface area contributed by atoms with Gasteiger partial charge in [-0.2, -0.15) is 0 Å². The van der Waals surface area contributed by atoms with Gasteiger partial charge in [0, 0.05) is 23.2 Å². The highest BCUT2D eigenvalue weighted by Gasteiger charge is 2.52. The van der Waals surface area contributed by atoms with E-state index in [1.165, 1.54) is 18.2 Å². The summed E-state index contributed by atoms with van der Waals surface area (Å²) < 4.78 is 16.3. The first-order valence-electron chi connectivity index (χ1n) is 10.1. The number of esters is 1. The molecule has 0 bridgehead atoms. The molecule has 1 saturated heterocycles. The number of non-ortho nitro benzene ring substituents is 1. The smallest absolute Gasteiger partial charge is 0.341 e. The van der Waals surface area contributed by atoms with E-state index in [9.17, 15) is 24.6 Å². The van der Waals surface area contributed by atoms with Crippen molar-refractivity contribution in [3.05, 3.63) is 62.2 Å². The van der Waals surface area contributed by atoms with Gasteiger partial charge in [0.2, 0.25) is 0 Å². The first kappa shape index (κ1) is 24.8. The van der Waals surface area contributed by atoms with Crippen molar-refractivity contribution in [2.75, 3.05) is 19.8 Å². The van der Waals surface area contributed by atoms with E-state index in [2.05, 4.69) is 5.32 Å². The maximum Gasteiger partial charge on any atom is 0.341 e. The maximum atomic E-state index is 13.9. The molecule has 0 aliphatic carbocycles. The molecule has 2 N–H and O–H groups in total. The van der Waals surface area contributed by atoms with Crippen LogP contribution >= 0.6 is 7.94 Å². The molecule has 2 heterocycles. The second-order valence-electron chi connectivity index (χ2n) is 8.64. The number of carboxylic acid groups (broad SMARTS) is 1. The standard InChI is InChI=1S/C21H25N2O9P/c1-12-17(20(26)30-9-16(24)25)18(14-6-5-7-15(8-14)23(27)28)19(13(2)22-12)33(29)31-10-21(3,4)11-32-33/h5-8,18,22H,9-11H2,1-4H3,(H,24,25). The predicted octanol–water partition coefficient (Wildman–Crippen LogP) is 2.61. The van der Waals surface area contributed by atoms with Crippen molar-refractivity contribution < 1.29 is 38.3 Å². The normalized spacial score (nSPS) is 21.9. The number of nitrogens with one attached hydrogen (secondary N) is 1. The molecule has 1 aromatic rings. The summed E-state index contributed by atoms with van der Waals surface area (Å²) in [4.78, 5) is 48.6. The van der Waals surface area contributed by atoms with Crippen molar-refractivity contribution in [2.24, 2.45) is 5.41 Å². The molecule has 178 valence electrons. The molecule has 12 heteroatoms. The van der Waals surface area contributed by atoms with E-state index in [1.54, 1.807) is 19.9 Å². The number of nitro groups is 1. The minimum absolute atomic E-state index is 0.0374. The third-order valence-electron chi connectivity index (χ3n) is 5.23. The van der Waals surface area contributed by atoms with Crippen LogP contribution in [0.4, 0.5) is 5.69 Å². The maximum absolute atomic E-state index is 13.9. The van der Waals surface area contributed by atoms with Crippen LogP contribution < -0.4 is 10.2 Å². The van der Waals surface area contributed by atoms with Gasteiger partial charge in [0.05, 0.1) is 22.1 Å². The second-order valence-corrected chi connectivity index (χ2v) is 10.6. The van der Waals surface area contributed by atoms with Gasteiger partial charge in [-0.15, -0.1) is 0 Å². The number of aliphatic carboxylic acids is 1. The van der Waals surface area contributed by atoms with Gasteiger partial charge in [0.15, 0.2) is 11.9 Å². The molecule has 0 spiro atoms. The van der Waals surface area contributed by atoms with Gasteiger partial charge in [0.1, 0.15) is 13.2 Å². The largest absolute Gasteiger partial charge is 0.627 e. The molecule has 0 saturated carbocycles. The lowest BCUT2D eigenvalue weighted by atomic mass is 9.86. The van der Waals surface area contributed by atoms with E-state index < -0.39 is 37.3 Å². The second kappa shape index (κ2) is 9.18. The van der Waals surface area contributed by atoms with Gasteiger partial charge in [-0.05, 0) is 19.4 Å². The third kappa shape index (κ3) is 5.22. The van der Waals surface area contributed by atoms with Crippen LogP contribution in [0.3, 0.4) is 0 Å². The summed E-state index contributed by atoms with van der Waals surface area (Å²) in [5.74, 6) is -3.40. The van der Waals surface area contributed by atoms with Crippen molar-refractivity contribution in [1.82, 2.24) is 5.32 Å². The number of hydrogen-bond acceptors (Lipinski definition) is 9. The minimum Gasteiger partial charge on any atom is -0.627 e. The average molecular weight is 480 g/mol. The number of carbonyl (C=O) groups excluding carboxylic acids is 1. The van der Waals surface area contributed by atoms with Crippen molar-refractivity contribution in [2.45, 2.75) is 33.6 Å². The van der Waals surface area contributed by atoms with Crippen molar-refractivity contribution in [1.29, 1.82) is 0 Å². The highest BCUT2D eigenvalue weighted by Crippen LogP contribution is 2.69. The molecular weight excluding hydrogens is 455 g/mol. The number of rotatable bonds is 6. The molecule has 3 rings (SSSR count). The monoisotopic (exact) mass is 480 g/mol. The average Bonchev–Trinajstić information content (AvgIpc) is 2.74. The lowest BCUT2D eigenvalue weighted by Gasteiger charge is -2.42. The highest BCUT2D eigenvalue weighted by atomic mass is 31.2. The number of ether oxygens (including phenoxy) is 1. The van der Waals surface area contributed by atoms with Gasteiger partial charge in [-0.3, -0.25) is 10.1 Å². The van der Waals surface area contributed by atoms with E-state index in [0.29, 0.717) is 11.4 Å². The van der Waals surface area contributed by atoms with E-state index in [4.69, 9.17) is 18.9 Å². The Morgan fingerprint density at radius 1 is 1.27 bits per heavy atom. The molecule has 1 aromatic carbocycles. The van der Waals surface area contributed by atoms with Gasteiger partial charge in [0.25, 0.3) is 13.6 Å². The molecule has 1 atom stereocenters. The summed E-state index contributed by atoms with van der Waals surface area (Å²) in [6.07, 6.45) is 0. The molecule has 0 amide bonds. The van der Waals surface area contributed by atoms with Crippen LogP contribution in [-0.4, -0.2) is 41.8 Å². The molecule has 11 nitrogen and oxygen atoms in total. The van der Waals surface area contributed by atoms with Crippen LogP contribution in [0.25, 0.3) is 0 Å². The number of nitro benzene ring substituents is 1. The Kier molecular flexibility index (Phi) is 6.90. The minimum atomic E-state index is -3.94. The van der Waals surface area contributed by atoms with Crippen LogP contribution in [-0.2, 0) is 23.4 Å². The summed E-state index contributed by atoms with van der Waals surface area (Å²) in [6.45, 7) is 6.35. The number of carboxylic acids is 1. The third-order valence-corrected chi connectivity index (χ3v) is 7.35. The van der Waals surface area contributed by atoms with Crippen LogP contribution in [0.2, 0.25) is 0 Å². The Morgan fingerprint density at radius 2 is 1.91 bits per heavy atom. The first-order valence-corrected chi connectivity index (χ1v) is 11.6.